The lowest BCUT2D eigenvalue weighted by Gasteiger charge is -2.46. The summed E-state index contributed by atoms with van der Waals surface area (Å²) in [6.07, 6.45) is -2.84. The predicted molar refractivity (Wildman–Crippen MR) is 150 cm³/mol. The fraction of sp³-hybridized carbons (Fsp3) is 0.444. The monoisotopic (exact) mass is 667 g/mol. The van der Waals surface area contributed by atoms with Crippen molar-refractivity contribution in [2.45, 2.75) is 59.6 Å². The van der Waals surface area contributed by atoms with Crippen molar-refractivity contribution < 1.29 is 53.3 Å². The first-order valence-corrected chi connectivity index (χ1v) is 14.8. The van der Waals surface area contributed by atoms with Crippen molar-refractivity contribution in [2.24, 2.45) is 0 Å². The van der Waals surface area contributed by atoms with E-state index in [0.29, 0.717) is 23.4 Å². The van der Waals surface area contributed by atoms with Gasteiger partial charge in [0.15, 0.2) is 17.5 Å². The van der Waals surface area contributed by atoms with Gasteiger partial charge in [-0.1, -0.05) is 22.2 Å². The summed E-state index contributed by atoms with van der Waals surface area (Å²) in [6.45, 7) is -1.35. The molecule has 6 N–H and O–H groups in total. The fourth-order valence-electron chi connectivity index (χ4n) is 5.44. The van der Waals surface area contributed by atoms with Crippen LogP contribution in [0.4, 0.5) is 13.2 Å². The highest BCUT2D eigenvalue weighted by atomic mass is 32.2. The summed E-state index contributed by atoms with van der Waals surface area (Å²) in [5.74, 6) is -4.58. The first-order valence-electron chi connectivity index (χ1n) is 13.9. The van der Waals surface area contributed by atoms with Gasteiger partial charge in [-0.25, -0.2) is 22.5 Å². The van der Waals surface area contributed by atoms with Crippen LogP contribution in [0, 0.1) is 17.5 Å². The second-order valence-electron chi connectivity index (χ2n) is 10.7. The van der Waals surface area contributed by atoms with Crippen molar-refractivity contribution >= 4 is 11.8 Å². The van der Waals surface area contributed by atoms with Gasteiger partial charge in [0, 0.05) is 23.5 Å². The maximum Gasteiger partial charge on any atom is 0.194 e. The van der Waals surface area contributed by atoms with Gasteiger partial charge in [0.05, 0.1) is 25.6 Å². The minimum Gasteiger partial charge on any atom is -0.394 e. The number of hydrogen-bond donors (Lipinski definition) is 6. The summed E-state index contributed by atoms with van der Waals surface area (Å²) in [4.78, 5) is 4.04. The van der Waals surface area contributed by atoms with Crippen molar-refractivity contribution in [3.63, 3.8) is 0 Å². The van der Waals surface area contributed by atoms with Crippen LogP contribution in [0.1, 0.15) is 12.1 Å². The van der Waals surface area contributed by atoms with E-state index >= 15 is 0 Å². The molecule has 2 aliphatic heterocycles. The van der Waals surface area contributed by atoms with E-state index in [1.165, 1.54) is 10.9 Å². The summed E-state index contributed by atoms with van der Waals surface area (Å²) in [7, 11) is 0. The second-order valence-corrected chi connectivity index (χ2v) is 11.9. The van der Waals surface area contributed by atoms with E-state index in [0.717, 1.165) is 22.6 Å². The molecule has 2 aliphatic rings. The Morgan fingerprint density at radius 3 is 1.70 bits per heavy atom. The van der Waals surface area contributed by atoms with Crippen molar-refractivity contribution in [1.82, 2.24) is 35.0 Å². The smallest absolute Gasteiger partial charge is 0.194 e. The van der Waals surface area contributed by atoms with Gasteiger partial charge in [0.1, 0.15) is 71.0 Å². The molecule has 0 bridgehead atoms. The van der Waals surface area contributed by atoms with E-state index in [2.05, 4.69) is 25.6 Å². The van der Waals surface area contributed by atoms with Crippen LogP contribution in [-0.2, 0) is 9.47 Å². The Morgan fingerprint density at radius 1 is 0.739 bits per heavy atom. The molecular weight excluding hydrogens is 639 g/mol. The number of aliphatic hydroxyl groups is 6. The molecule has 3 aromatic heterocycles. The third kappa shape index (κ3) is 6.00. The van der Waals surface area contributed by atoms with Gasteiger partial charge in [-0.15, -0.1) is 10.2 Å². The van der Waals surface area contributed by atoms with Crippen LogP contribution < -0.4 is 0 Å². The Labute approximate surface area is 261 Å². The molecule has 246 valence electrons. The Morgan fingerprint density at radius 2 is 1.24 bits per heavy atom. The molecule has 10 atom stereocenters. The molecule has 0 spiro atoms. The highest BCUT2D eigenvalue weighted by Crippen LogP contribution is 2.42. The zero-order valence-electron chi connectivity index (χ0n) is 23.5. The van der Waals surface area contributed by atoms with E-state index in [-0.39, 0.29) is 11.3 Å². The molecular formula is C27H28F3N7O8S. The predicted octanol–water partition coefficient (Wildman–Crippen LogP) is -0.591. The van der Waals surface area contributed by atoms with Crippen molar-refractivity contribution in [1.29, 1.82) is 0 Å². The van der Waals surface area contributed by atoms with Crippen molar-refractivity contribution in [2.75, 3.05) is 13.2 Å². The quantitative estimate of drug-likeness (QED) is 0.130. The number of ether oxygens (including phenoxy) is 2. The van der Waals surface area contributed by atoms with Gasteiger partial charge in [0.2, 0.25) is 0 Å². The molecule has 19 heteroatoms. The largest absolute Gasteiger partial charge is 0.394 e. The van der Waals surface area contributed by atoms with E-state index < -0.39 is 90.2 Å². The summed E-state index contributed by atoms with van der Waals surface area (Å²) in [6, 6.07) is 2.34. The highest BCUT2D eigenvalue weighted by molar-refractivity contribution is 8.00. The number of pyridine rings is 1. The molecule has 46 heavy (non-hydrogen) atoms. The average molecular weight is 668 g/mol. The summed E-state index contributed by atoms with van der Waals surface area (Å²) < 4.78 is 54.9. The van der Waals surface area contributed by atoms with E-state index in [1.807, 2.05) is 0 Å². The van der Waals surface area contributed by atoms with Crippen molar-refractivity contribution in [3.8, 4) is 22.5 Å². The minimum absolute atomic E-state index is 0.111. The number of rotatable bonds is 8. The number of thioether (sulfide) groups is 1. The number of halogens is 3. The topological polar surface area (TPSA) is 214 Å². The normalized spacial score (nSPS) is 31.7. The number of aliphatic hydroxyl groups excluding tert-OH is 6. The Balaban J connectivity index is 1.25. The van der Waals surface area contributed by atoms with Crippen LogP contribution >= 0.6 is 11.8 Å². The van der Waals surface area contributed by atoms with Gasteiger partial charge >= 0.3 is 0 Å². The van der Waals surface area contributed by atoms with E-state index in [4.69, 9.17) is 9.47 Å². The lowest BCUT2D eigenvalue weighted by Crippen LogP contribution is -2.58. The second kappa shape index (κ2) is 13.3. The third-order valence-electron chi connectivity index (χ3n) is 7.83. The third-order valence-corrected chi connectivity index (χ3v) is 9.15. The van der Waals surface area contributed by atoms with Gasteiger partial charge in [-0.3, -0.25) is 4.98 Å². The summed E-state index contributed by atoms with van der Waals surface area (Å²) in [5.41, 5.74) is -1.82. The molecule has 6 rings (SSSR count). The first-order chi connectivity index (χ1) is 22.1. The molecule has 4 aromatic rings. The van der Waals surface area contributed by atoms with Gasteiger partial charge in [-0.05, 0) is 24.3 Å². The Hall–Kier alpha value is -3.53. The fourth-order valence-corrected chi connectivity index (χ4v) is 6.77. The van der Waals surface area contributed by atoms with Crippen LogP contribution in [0.25, 0.3) is 22.5 Å². The van der Waals surface area contributed by atoms with Crippen molar-refractivity contribution in [3.05, 3.63) is 66.5 Å². The SMILES string of the molecule is OCC1O[C@@H](S[C@@H]2O[C@H](CO)C(O)C(n3cc(-c4cccnc4)nn3)[C@H]2O)[C@@H](O)C(n2cc(-c3cc(F)c(F)c(F)c3)nn2)[C@H]1O. The number of hydrogen-bond acceptors (Lipinski definition) is 14. The molecule has 1 aromatic carbocycles. The summed E-state index contributed by atoms with van der Waals surface area (Å²) in [5, 5.41) is 80.4. The van der Waals surface area contributed by atoms with Crippen LogP contribution in [0.3, 0.4) is 0 Å². The number of aromatic nitrogens is 7. The van der Waals surface area contributed by atoms with Crippen LogP contribution in [0.2, 0.25) is 0 Å². The maximum absolute atomic E-state index is 13.8. The van der Waals surface area contributed by atoms with E-state index in [1.54, 1.807) is 24.5 Å². The van der Waals surface area contributed by atoms with E-state index in [9.17, 15) is 43.8 Å². The Bertz CT molecular complexity index is 1630. The number of benzene rings is 1. The lowest BCUT2D eigenvalue weighted by atomic mass is 9.97. The molecule has 4 unspecified atom stereocenters. The first kappa shape index (κ1) is 32.4. The molecule has 0 amide bonds. The lowest BCUT2D eigenvalue weighted by molar-refractivity contribution is -0.189. The molecule has 0 radical (unpaired) electrons. The molecule has 0 aliphatic carbocycles. The Kier molecular flexibility index (Phi) is 9.37. The van der Waals surface area contributed by atoms with Gasteiger partial charge in [0.25, 0.3) is 0 Å². The number of nitrogens with zero attached hydrogens (tertiary/aromatic N) is 7. The zero-order chi connectivity index (χ0) is 32.7. The molecule has 2 fully saturated rings. The average Bonchev–Trinajstić information content (AvgIpc) is 3.74. The molecule has 15 nitrogen and oxygen atoms in total. The van der Waals surface area contributed by atoms with Crippen LogP contribution in [-0.4, -0.2) is 126 Å². The summed E-state index contributed by atoms with van der Waals surface area (Å²) >= 11 is 0.746. The van der Waals surface area contributed by atoms with Crippen LogP contribution in [0.5, 0.6) is 0 Å². The standard InChI is InChI=1S/C27H28F3N7O8S/c28-13-4-12(5-14(29)19(13)30)16-8-37(35-33-16)21-23(41)18(10-39)45-27(25(21)43)46-26-24(42)20(22(40)17(9-38)44-26)36-7-15(32-34-36)11-2-1-3-31-6-11/h1-8,17-18,20-27,38-43H,9-10H2/t17-,18?,20?,21?,22?,23+,24-,25+,26+,27+/m1/s1. The maximum atomic E-state index is 13.8. The highest BCUT2D eigenvalue weighted by Gasteiger charge is 2.51. The molecule has 0 saturated carbocycles. The van der Waals surface area contributed by atoms with Gasteiger partial charge in [-0.2, -0.15) is 0 Å². The van der Waals surface area contributed by atoms with Gasteiger partial charge < -0.3 is 40.1 Å². The minimum atomic E-state index is -1.67. The molecule has 5 heterocycles. The molecule has 2 saturated heterocycles. The van der Waals surface area contributed by atoms with Crippen LogP contribution in [0.15, 0.2) is 49.1 Å². The zero-order valence-corrected chi connectivity index (χ0v) is 24.3.